The van der Waals surface area contributed by atoms with Crippen molar-refractivity contribution in [3.05, 3.63) is 24.3 Å². The van der Waals surface area contributed by atoms with E-state index in [9.17, 15) is 31.5 Å². The molecule has 1 atom stereocenters. The lowest BCUT2D eigenvalue weighted by molar-refractivity contribution is -0.321. The van der Waals surface area contributed by atoms with E-state index in [4.69, 9.17) is 0 Å². The third-order valence-corrected chi connectivity index (χ3v) is 13.0. The van der Waals surface area contributed by atoms with E-state index in [-0.39, 0.29) is 5.69 Å². The average molecular weight is 430 g/mol. The Balaban J connectivity index is 3.25. The normalized spacial score (nSPS) is 15.4. The van der Waals surface area contributed by atoms with Gasteiger partial charge in [-0.2, -0.15) is 17.6 Å². The van der Waals surface area contributed by atoms with Crippen LogP contribution in [0.5, 0.6) is 0 Å². The Labute approximate surface area is 157 Å². The molecule has 1 N–H and O–H groups in total. The highest BCUT2D eigenvalue weighted by Crippen LogP contribution is 2.37. The summed E-state index contributed by atoms with van der Waals surface area (Å²) in [6.45, 7) is 5.44. The van der Waals surface area contributed by atoms with Crippen molar-refractivity contribution in [1.29, 1.82) is 0 Å². The quantitative estimate of drug-likeness (QED) is 0.533. The first-order valence-corrected chi connectivity index (χ1v) is 14.5. The molecule has 0 spiro atoms. The van der Waals surface area contributed by atoms with E-state index in [1.807, 2.05) is 13.1 Å². The SMILES string of the molecule is CN(C(=O)C(F)(OCF)C(F)(F)F)c1cccc([Si](C)(C)C[Si](C)(C)O)c1. The van der Waals surface area contributed by atoms with Crippen molar-refractivity contribution in [2.75, 3.05) is 18.8 Å². The number of carbonyl (C=O) groups is 1. The minimum Gasteiger partial charge on any atom is -0.433 e. The first-order valence-electron chi connectivity index (χ1n) is 8.12. The third kappa shape index (κ3) is 5.59. The number of benzene rings is 1. The molecule has 4 nitrogen and oxygen atoms in total. The molecule has 0 aliphatic rings. The molecule has 0 radical (unpaired) electrons. The van der Waals surface area contributed by atoms with Gasteiger partial charge < -0.3 is 9.70 Å². The van der Waals surface area contributed by atoms with Gasteiger partial charge in [-0.3, -0.25) is 9.53 Å². The Kier molecular flexibility index (Phi) is 7.01. The molecule has 1 unspecified atom stereocenters. The number of ether oxygens (including phenoxy) is 1. The molecule has 0 saturated carbocycles. The van der Waals surface area contributed by atoms with Crippen molar-refractivity contribution in [1.82, 2.24) is 0 Å². The number of alkyl halides is 5. The monoisotopic (exact) mass is 429 g/mol. The Morgan fingerprint density at radius 2 is 1.74 bits per heavy atom. The molecular formula is C16H24F5NO3Si2. The Hall–Kier alpha value is -1.31. The number of anilines is 1. The van der Waals surface area contributed by atoms with Crippen molar-refractivity contribution in [3.8, 4) is 0 Å². The van der Waals surface area contributed by atoms with Gasteiger partial charge in [-0.1, -0.05) is 30.4 Å². The van der Waals surface area contributed by atoms with Crippen LogP contribution in [0.1, 0.15) is 0 Å². The molecule has 0 aliphatic heterocycles. The van der Waals surface area contributed by atoms with Crippen LogP contribution in [0, 0.1) is 0 Å². The van der Waals surface area contributed by atoms with Gasteiger partial charge in [0, 0.05) is 12.7 Å². The Morgan fingerprint density at radius 1 is 1.19 bits per heavy atom. The highest BCUT2D eigenvalue weighted by atomic mass is 28.4. The maximum atomic E-state index is 14.2. The number of likely N-dealkylation sites (N-methyl/N-ethyl adjacent to an activating group) is 1. The zero-order valence-electron chi connectivity index (χ0n) is 15.8. The van der Waals surface area contributed by atoms with E-state index >= 15 is 0 Å². The molecule has 1 rings (SSSR count). The number of carbonyl (C=O) groups excluding carboxylic acids is 1. The fraction of sp³-hybridized carbons (Fsp3) is 0.562. The van der Waals surface area contributed by atoms with Gasteiger partial charge in [-0.15, -0.1) is 0 Å². The van der Waals surface area contributed by atoms with Gasteiger partial charge in [0.15, 0.2) is 15.2 Å². The fourth-order valence-electron chi connectivity index (χ4n) is 2.99. The molecule has 0 saturated heterocycles. The van der Waals surface area contributed by atoms with E-state index in [0.717, 1.165) is 12.2 Å². The Morgan fingerprint density at radius 3 is 2.19 bits per heavy atom. The number of hydrogen-bond acceptors (Lipinski definition) is 3. The van der Waals surface area contributed by atoms with Crippen LogP contribution in [-0.4, -0.2) is 53.0 Å². The molecule has 1 aromatic carbocycles. The van der Waals surface area contributed by atoms with E-state index in [0.29, 0.717) is 10.6 Å². The van der Waals surface area contributed by atoms with Crippen LogP contribution >= 0.6 is 0 Å². The number of rotatable bonds is 7. The van der Waals surface area contributed by atoms with Crippen molar-refractivity contribution >= 4 is 33.2 Å². The highest BCUT2D eigenvalue weighted by molar-refractivity contribution is 6.99. The maximum absolute atomic E-state index is 14.2. The summed E-state index contributed by atoms with van der Waals surface area (Å²) >= 11 is 0. The minimum atomic E-state index is -5.73. The molecule has 0 heterocycles. The summed E-state index contributed by atoms with van der Waals surface area (Å²) in [6.07, 6.45) is -5.73. The van der Waals surface area contributed by atoms with Crippen LogP contribution < -0.4 is 10.1 Å². The first-order chi connectivity index (χ1) is 12.0. The molecular weight excluding hydrogens is 405 g/mol. The average Bonchev–Trinajstić information content (AvgIpc) is 2.50. The smallest absolute Gasteiger partial charge is 0.433 e. The predicted molar refractivity (Wildman–Crippen MR) is 98.4 cm³/mol. The summed E-state index contributed by atoms with van der Waals surface area (Å²) < 4.78 is 68.8. The molecule has 0 fully saturated rings. The molecule has 154 valence electrons. The van der Waals surface area contributed by atoms with Gasteiger partial charge in [0.05, 0.1) is 8.07 Å². The van der Waals surface area contributed by atoms with Gasteiger partial charge in [0.1, 0.15) is 0 Å². The second kappa shape index (κ2) is 7.97. The summed E-state index contributed by atoms with van der Waals surface area (Å²) in [6, 6.07) is 6.15. The van der Waals surface area contributed by atoms with Gasteiger partial charge in [-0.05, 0) is 30.9 Å². The summed E-state index contributed by atoms with van der Waals surface area (Å²) in [5.74, 6) is -6.85. The van der Waals surface area contributed by atoms with Gasteiger partial charge in [0.25, 0.3) is 0 Å². The third-order valence-electron chi connectivity index (χ3n) is 4.09. The van der Waals surface area contributed by atoms with Crippen LogP contribution in [0.25, 0.3) is 0 Å². The predicted octanol–water partition coefficient (Wildman–Crippen LogP) is 3.47. The first kappa shape index (κ1) is 23.7. The van der Waals surface area contributed by atoms with Crippen LogP contribution in [0.2, 0.25) is 31.9 Å². The number of nitrogens with zero attached hydrogens (tertiary/aromatic N) is 1. The summed E-state index contributed by atoms with van der Waals surface area (Å²) in [5, 5.41) is 0.789. The Bertz CT molecular complexity index is 679. The second-order valence-corrected chi connectivity index (χ2v) is 17.0. The molecule has 0 bridgehead atoms. The fourth-order valence-corrected chi connectivity index (χ4v) is 13.5. The maximum Gasteiger partial charge on any atom is 0.458 e. The second-order valence-electron chi connectivity index (χ2n) is 7.63. The summed E-state index contributed by atoms with van der Waals surface area (Å²) in [4.78, 5) is 22.8. The standard InChI is InChI=1S/C16H24F5NO3Si2/c1-22(14(23)15(18,25-10-17)16(19,20)21)12-7-6-8-13(9-12)26(2,3)11-27(4,5)24/h6-9,24H,10-11H2,1-5H3. The zero-order chi connectivity index (χ0) is 21.3. The van der Waals surface area contributed by atoms with E-state index in [2.05, 4.69) is 4.74 Å². The minimum absolute atomic E-state index is 0.0178. The lowest BCUT2D eigenvalue weighted by atomic mass is 10.2. The van der Waals surface area contributed by atoms with Crippen molar-refractivity contribution in [3.63, 3.8) is 0 Å². The topological polar surface area (TPSA) is 49.8 Å². The van der Waals surface area contributed by atoms with Gasteiger partial charge in [-0.25, -0.2) is 4.39 Å². The van der Waals surface area contributed by atoms with Crippen LogP contribution in [-0.2, 0) is 9.53 Å². The van der Waals surface area contributed by atoms with Crippen molar-refractivity contribution in [2.24, 2.45) is 0 Å². The van der Waals surface area contributed by atoms with Crippen LogP contribution in [0.15, 0.2) is 24.3 Å². The molecule has 1 aromatic rings. The van der Waals surface area contributed by atoms with E-state index in [1.54, 1.807) is 25.2 Å². The van der Waals surface area contributed by atoms with Crippen molar-refractivity contribution in [2.45, 2.75) is 43.9 Å². The van der Waals surface area contributed by atoms with Gasteiger partial charge in [0.2, 0.25) is 0 Å². The summed E-state index contributed by atoms with van der Waals surface area (Å²) in [5.41, 5.74) is 0.617. The molecule has 0 aromatic heterocycles. The van der Waals surface area contributed by atoms with Gasteiger partial charge >= 0.3 is 17.9 Å². The van der Waals surface area contributed by atoms with E-state index in [1.165, 1.54) is 12.1 Å². The molecule has 11 heteroatoms. The van der Waals surface area contributed by atoms with Crippen molar-refractivity contribution < 1.29 is 36.3 Å². The van der Waals surface area contributed by atoms with E-state index < -0.39 is 41.2 Å². The lowest BCUT2D eigenvalue weighted by Gasteiger charge is -2.31. The number of hydrogen-bond donors (Lipinski definition) is 1. The number of amides is 1. The number of halogens is 5. The summed E-state index contributed by atoms with van der Waals surface area (Å²) in [7, 11) is -3.59. The lowest BCUT2D eigenvalue weighted by Crippen LogP contribution is -2.56. The molecule has 0 aliphatic carbocycles. The molecule has 1 amide bonds. The largest absolute Gasteiger partial charge is 0.458 e. The molecule has 27 heavy (non-hydrogen) atoms. The highest BCUT2D eigenvalue weighted by Gasteiger charge is 2.65. The zero-order valence-corrected chi connectivity index (χ0v) is 17.8. The van der Waals surface area contributed by atoms with Crippen LogP contribution in [0.3, 0.4) is 0 Å². The van der Waals surface area contributed by atoms with Crippen LogP contribution in [0.4, 0.5) is 27.6 Å².